The van der Waals surface area contributed by atoms with E-state index in [0.717, 1.165) is 26.0 Å². The van der Waals surface area contributed by atoms with E-state index in [4.69, 9.17) is 9.73 Å². The van der Waals surface area contributed by atoms with Crippen molar-refractivity contribution in [2.24, 2.45) is 22.2 Å². The zero-order valence-corrected chi connectivity index (χ0v) is 12.6. The summed E-state index contributed by atoms with van der Waals surface area (Å²) in [6.07, 6.45) is 4.78. The van der Waals surface area contributed by atoms with Crippen LogP contribution in [0.3, 0.4) is 0 Å². The van der Waals surface area contributed by atoms with Gasteiger partial charge >= 0.3 is 0 Å². The zero-order chi connectivity index (χ0) is 14.5. The fourth-order valence-corrected chi connectivity index (χ4v) is 6.53. The summed E-state index contributed by atoms with van der Waals surface area (Å²) in [5.41, 5.74) is 4.03. The highest BCUT2D eigenvalue weighted by Crippen LogP contribution is 2.69. The lowest BCUT2D eigenvalue weighted by atomic mass is 9.38. The minimum atomic E-state index is 0.0335. The number of hydrogen-bond donors (Lipinski definition) is 1. The predicted molar refractivity (Wildman–Crippen MR) is 85.6 cm³/mol. The molecule has 22 heavy (non-hydrogen) atoms. The predicted octanol–water partition coefficient (Wildman–Crippen LogP) is 2.59. The van der Waals surface area contributed by atoms with Crippen molar-refractivity contribution in [3.63, 3.8) is 0 Å². The van der Waals surface area contributed by atoms with Crippen LogP contribution in [0, 0.1) is 17.3 Å². The molecule has 5 fully saturated rings. The molecular weight excluding hydrogens is 272 g/mol. The number of nitrogens with one attached hydrogen (secondary N) is 1. The average Bonchev–Trinajstić information content (AvgIpc) is 2.90. The Morgan fingerprint density at radius 3 is 3.18 bits per heavy atom. The van der Waals surface area contributed by atoms with Crippen LogP contribution in [0.5, 0.6) is 0 Å². The maximum absolute atomic E-state index is 6.26. The van der Waals surface area contributed by atoms with Crippen molar-refractivity contribution in [1.82, 2.24) is 5.32 Å². The van der Waals surface area contributed by atoms with E-state index in [1.165, 1.54) is 17.0 Å². The highest BCUT2D eigenvalue weighted by molar-refractivity contribution is 6.07. The second-order valence-corrected chi connectivity index (χ2v) is 7.68. The Hall–Kier alpha value is -1.45. The van der Waals surface area contributed by atoms with E-state index >= 15 is 0 Å². The summed E-state index contributed by atoms with van der Waals surface area (Å²) < 4.78 is 6.26. The lowest BCUT2D eigenvalue weighted by Gasteiger charge is -2.70. The van der Waals surface area contributed by atoms with Crippen molar-refractivity contribution in [2.45, 2.75) is 30.4 Å². The molecule has 1 spiro atoms. The Balaban J connectivity index is 1.73. The van der Waals surface area contributed by atoms with Gasteiger partial charge < -0.3 is 10.1 Å². The van der Waals surface area contributed by atoms with Crippen LogP contribution in [-0.2, 0) is 10.2 Å². The van der Waals surface area contributed by atoms with Gasteiger partial charge in [-0.1, -0.05) is 24.3 Å². The van der Waals surface area contributed by atoms with E-state index in [9.17, 15) is 0 Å². The highest BCUT2D eigenvalue weighted by Gasteiger charge is 2.73. The van der Waals surface area contributed by atoms with Gasteiger partial charge in [-0.05, 0) is 30.4 Å². The van der Waals surface area contributed by atoms with Crippen molar-refractivity contribution in [3.8, 4) is 0 Å². The molecule has 0 unspecified atom stereocenters. The third-order valence-corrected chi connectivity index (χ3v) is 7.34. The average molecular weight is 292 g/mol. The lowest BCUT2D eigenvalue weighted by molar-refractivity contribution is -0.152. The fraction of sp³-hybridized carbons (Fsp3) is 0.526. The van der Waals surface area contributed by atoms with Crippen LogP contribution in [0.2, 0.25) is 0 Å². The van der Waals surface area contributed by atoms with Gasteiger partial charge in [0.25, 0.3) is 0 Å². The number of ether oxygens (including phenoxy) is 1. The number of benzene rings is 1. The molecule has 0 aromatic heterocycles. The molecule has 6 aliphatic rings. The van der Waals surface area contributed by atoms with Gasteiger partial charge in [-0.15, -0.1) is 6.58 Å². The van der Waals surface area contributed by atoms with Gasteiger partial charge in [0, 0.05) is 23.9 Å². The first-order valence-corrected chi connectivity index (χ1v) is 8.47. The minimum Gasteiger partial charge on any atom is -0.372 e. The standard InChI is InChI=1S/C19H20N2O/c1-2-18-10-20-15-8-19(18)12-5-3-4-6-14(12)21-17(19)16-7-13(18)11(15)9-22-16/h2-6,11,13,15-16,20H,1,7-10H2/t11-,13+,15+,16+,18-,19-/m0/s1. The zero-order valence-electron chi connectivity index (χ0n) is 12.6. The van der Waals surface area contributed by atoms with Gasteiger partial charge in [-0.25, -0.2) is 0 Å². The molecule has 4 heterocycles. The van der Waals surface area contributed by atoms with Crippen molar-refractivity contribution in [1.29, 1.82) is 0 Å². The molecule has 6 atom stereocenters. The molecule has 1 N–H and O–H groups in total. The summed E-state index contributed by atoms with van der Waals surface area (Å²) in [5, 5.41) is 3.80. The van der Waals surface area contributed by atoms with Gasteiger partial charge in [-0.3, -0.25) is 4.99 Å². The number of rotatable bonds is 1. The molecule has 0 amide bonds. The Morgan fingerprint density at radius 1 is 1.36 bits per heavy atom. The summed E-state index contributed by atoms with van der Waals surface area (Å²) in [5.74, 6) is 1.33. The number of para-hydroxylation sites is 1. The molecule has 112 valence electrons. The molecule has 5 bridgehead atoms. The molecule has 3 nitrogen and oxygen atoms in total. The largest absolute Gasteiger partial charge is 0.372 e. The van der Waals surface area contributed by atoms with Crippen molar-refractivity contribution in [2.75, 3.05) is 13.2 Å². The summed E-state index contributed by atoms with van der Waals surface area (Å²) in [6, 6.07) is 9.30. The Morgan fingerprint density at radius 2 is 2.27 bits per heavy atom. The second-order valence-electron chi connectivity index (χ2n) is 7.68. The van der Waals surface area contributed by atoms with Crippen LogP contribution in [0.25, 0.3) is 0 Å². The number of aliphatic imine (C=N–C) groups is 1. The fourth-order valence-electron chi connectivity index (χ4n) is 6.53. The molecule has 1 aromatic carbocycles. The van der Waals surface area contributed by atoms with E-state index in [1.807, 2.05) is 0 Å². The minimum absolute atomic E-state index is 0.0335. The SMILES string of the molecule is C=C[C@@]12CN[C@@H]3C[C@]14C(=Nc1ccccc14)[C@H]1C[C@@H]2[C@@H]3CO1. The van der Waals surface area contributed by atoms with Gasteiger partial charge in [0.15, 0.2) is 0 Å². The molecule has 3 saturated heterocycles. The molecule has 2 aliphatic carbocycles. The maximum Gasteiger partial charge on any atom is 0.0968 e. The van der Waals surface area contributed by atoms with E-state index in [1.54, 1.807) is 0 Å². The normalized spacial score (nSPS) is 49.5. The topological polar surface area (TPSA) is 33.6 Å². The molecule has 3 heteroatoms. The first kappa shape index (κ1) is 12.0. The molecule has 7 rings (SSSR count). The van der Waals surface area contributed by atoms with Crippen LogP contribution in [0.15, 0.2) is 41.9 Å². The van der Waals surface area contributed by atoms with E-state index in [2.05, 4.69) is 42.2 Å². The summed E-state index contributed by atoms with van der Waals surface area (Å²) in [7, 11) is 0. The number of piperidine rings is 2. The first-order chi connectivity index (χ1) is 10.8. The monoisotopic (exact) mass is 292 g/mol. The highest BCUT2D eigenvalue weighted by atomic mass is 16.5. The summed E-state index contributed by atoms with van der Waals surface area (Å²) in [4.78, 5) is 5.09. The van der Waals surface area contributed by atoms with Crippen molar-refractivity contribution in [3.05, 3.63) is 42.5 Å². The van der Waals surface area contributed by atoms with Crippen LogP contribution in [0.4, 0.5) is 5.69 Å². The van der Waals surface area contributed by atoms with Crippen LogP contribution >= 0.6 is 0 Å². The third kappa shape index (κ3) is 1.00. The maximum atomic E-state index is 6.26. The second kappa shape index (κ2) is 3.55. The number of nitrogens with zero attached hydrogens (tertiary/aromatic N) is 1. The quantitative estimate of drug-likeness (QED) is 0.807. The molecule has 0 radical (unpaired) electrons. The van der Waals surface area contributed by atoms with Crippen molar-refractivity contribution >= 4 is 11.4 Å². The smallest absolute Gasteiger partial charge is 0.0968 e. The molecule has 2 saturated carbocycles. The summed E-state index contributed by atoms with van der Waals surface area (Å²) >= 11 is 0. The van der Waals surface area contributed by atoms with E-state index in [0.29, 0.717) is 17.9 Å². The summed E-state index contributed by atoms with van der Waals surface area (Å²) in [6.45, 7) is 6.24. The third-order valence-electron chi connectivity index (χ3n) is 7.34. The lowest BCUT2D eigenvalue weighted by Crippen LogP contribution is -2.78. The first-order valence-electron chi connectivity index (χ1n) is 8.47. The Bertz CT molecular complexity index is 741. The van der Waals surface area contributed by atoms with Gasteiger partial charge in [0.2, 0.25) is 0 Å². The van der Waals surface area contributed by atoms with Gasteiger partial charge in [0.05, 0.1) is 29.5 Å². The van der Waals surface area contributed by atoms with E-state index in [-0.39, 0.29) is 16.9 Å². The van der Waals surface area contributed by atoms with Gasteiger partial charge in [0.1, 0.15) is 0 Å². The Labute approximate surface area is 130 Å². The van der Waals surface area contributed by atoms with Crippen LogP contribution < -0.4 is 5.32 Å². The number of fused-ring (bicyclic) bond motifs is 4. The van der Waals surface area contributed by atoms with Gasteiger partial charge in [-0.2, -0.15) is 0 Å². The molecule has 4 aliphatic heterocycles. The van der Waals surface area contributed by atoms with Crippen LogP contribution in [-0.4, -0.2) is 31.0 Å². The van der Waals surface area contributed by atoms with E-state index < -0.39 is 0 Å². The molecule has 1 aromatic rings. The molecular formula is C19H20N2O. The van der Waals surface area contributed by atoms with Crippen LogP contribution in [0.1, 0.15) is 18.4 Å². The Kier molecular flexibility index (Phi) is 1.94. The van der Waals surface area contributed by atoms with Crippen molar-refractivity contribution < 1.29 is 4.74 Å². The number of hydrogen-bond acceptors (Lipinski definition) is 3.